The van der Waals surface area contributed by atoms with E-state index >= 15 is 0 Å². The molecule has 2 N–H and O–H groups in total. The van der Waals surface area contributed by atoms with Crippen LogP contribution < -0.4 is 11.3 Å². The largest absolute Gasteiger partial charge is 0.323 e. The lowest BCUT2D eigenvalue weighted by Gasteiger charge is -2.12. The van der Waals surface area contributed by atoms with Gasteiger partial charge in [-0.25, -0.2) is 9.37 Å². The van der Waals surface area contributed by atoms with Gasteiger partial charge in [-0.3, -0.25) is 9.20 Å². The smallest absolute Gasteiger partial charge is 0.267 e. The third kappa shape index (κ3) is 2.16. The minimum Gasteiger partial charge on any atom is -0.323 e. The summed E-state index contributed by atoms with van der Waals surface area (Å²) in [4.78, 5) is 17.8. The molecular formula is C15H14FN3OS. The van der Waals surface area contributed by atoms with E-state index in [1.807, 2.05) is 12.3 Å². The minimum atomic E-state index is -0.459. The van der Waals surface area contributed by atoms with Crippen molar-refractivity contribution in [2.24, 2.45) is 5.73 Å². The zero-order valence-electron chi connectivity index (χ0n) is 11.6. The van der Waals surface area contributed by atoms with Gasteiger partial charge in [-0.1, -0.05) is 18.2 Å². The molecule has 6 heteroatoms. The number of aromatic nitrogens is 2. The maximum atomic E-state index is 14.1. The number of aryl methyl sites for hydroxylation is 1. The molecule has 4 nitrogen and oxygen atoms in total. The lowest BCUT2D eigenvalue weighted by Crippen LogP contribution is -2.23. The van der Waals surface area contributed by atoms with Crippen molar-refractivity contribution < 1.29 is 4.39 Å². The second-order valence-corrected chi connectivity index (χ2v) is 5.78. The first-order valence-electron chi connectivity index (χ1n) is 6.52. The van der Waals surface area contributed by atoms with Crippen molar-refractivity contribution in [3.8, 4) is 11.1 Å². The van der Waals surface area contributed by atoms with Crippen LogP contribution in [0.25, 0.3) is 16.1 Å². The molecule has 0 spiro atoms. The highest BCUT2D eigenvalue weighted by Crippen LogP contribution is 2.27. The van der Waals surface area contributed by atoms with E-state index in [-0.39, 0.29) is 16.7 Å². The van der Waals surface area contributed by atoms with Crippen LogP contribution in [0.3, 0.4) is 0 Å². The number of fused-ring (bicyclic) bond motifs is 1. The second kappa shape index (κ2) is 5.05. The zero-order chi connectivity index (χ0) is 15.1. The number of benzene rings is 1. The Bertz CT molecular complexity index is 882. The lowest BCUT2D eigenvalue weighted by molar-refractivity contribution is 0.630. The average molecular weight is 303 g/mol. The maximum Gasteiger partial charge on any atom is 0.267 e. The van der Waals surface area contributed by atoms with E-state index in [4.69, 9.17) is 5.73 Å². The van der Waals surface area contributed by atoms with Crippen molar-refractivity contribution in [3.05, 3.63) is 57.2 Å². The summed E-state index contributed by atoms with van der Waals surface area (Å²) in [6, 6.07) is 5.73. The number of halogens is 1. The van der Waals surface area contributed by atoms with Crippen LogP contribution in [-0.4, -0.2) is 9.38 Å². The van der Waals surface area contributed by atoms with E-state index in [9.17, 15) is 9.18 Å². The Kier molecular flexibility index (Phi) is 3.35. The number of nitrogens with zero attached hydrogens (tertiary/aromatic N) is 2. The van der Waals surface area contributed by atoms with Gasteiger partial charge < -0.3 is 5.73 Å². The predicted octanol–water partition coefficient (Wildman–Crippen LogP) is 2.89. The van der Waals surface area contributed by atoms with E-state index < -0.39 is 11.9 Å². The molecule has 3 rings (SSSR count). The Labute approximate surface area is 124 Å². The summed E-state index contributed by atoms with van der Waals surface area (Å²) in [6.07, 6.45) is 0. The van der Waals surface area contributed by atoms with E-state index in [2.05, 4.69) is 4.98 Å². The molecule has 1 atom stereocenters. The molecule has 1 unspecified atom stereocenters. The average Bonchev–Trinajstić information content (AvgIpc) is 2.81. The minimum absolute atomic E-state index is 0.238. The molecule has 0 saturated heterocycles. The van der Waals surface area contributed by atoms with Crippen molar-refractivity contribution in [1.29, 1.82) is 0 Å². The quantitative estimate of drug-likeness (QED) is 0.792. The fourth-order valence-electron chi connectivity index (χ4n) is 2.34. The lowest BCUT2D eigenvalue weighted by atomic mass is 10.0. The molecule has 0 saturated carbocycles. The van der Waals surface area contributed by atoms with Gasteiger partial charge in [-0.2, -0.15) is 0 Å². The number of hydrogen-bond acceptors (Lipinski definition) is 4. The highest BCUT2D eigenvalue weighted by molar-refractivity contribution is 7.15. The Morgan fingerprint density at radius 1 is 1.38 bits per heavy atom. The summed E-state index contributed by atoms with van der Waals surface area (Å²) in [5, 5.41) is 1.85. The van der Waals surface area contributed by atoms with Crippen molar-refractivity contribution in [2.75, 3.05) is 0 Å². The zero-order valence-corrected chi connectivity index (χ0v) is 12.4. The van der Waals surface area contributed by atoms with Gasteiger partial charge in [-0.15, -0.1) is 11.3 Å². The van der Waals surface area contributed by atoms with Crippen LogP contribution in [0.1, 0.15) is 24.4 Å². The predicted molar refractivity (Wildman–Crippen MR) is 82.1 cm³/mol. The SMILES string of the molecule is Cc1csc2nc(C(C)N)c(-c3ccccc3F)c(=O)n12. The third-order valence-corrected chi connectivity index (χ3v) is 4.29. The molecule has 0 aliphatic heterocycles. The molecule has 0 aliphatic carbocycles. The number of hydrogen-bond donors (Lipinski definition) is 1. The van der Waals surface area contributed by atoms with Crippen molar-refractivity contribution >= 4 is 16.3 Å². The molecule has 2 aromatic heterocycles. The fraction of sp³-hybridized carbons (Fsp3) is 0.200. The van der Waals surface area contributed by atoms with Gasteiger partial charge >= 0.3 is 0 Å². The van der Waals surface area contributed by atoms with Crippen LogP contribution >= 0.6 is 11.3 Å². The van der Waals surface area contributed by atoms with Gasteiger partial charge in [0.25, 0.3) is 5.56 Å². The summed E-state index contributed by atoms with van der Waals surface area (Å²) in [5.74, 6) is -0.453. The van der Waals surface area contributed by atoms with Gasteiger partial charge in [0.05, 0.1) is 11.3 Å². The molecular weight excluding hydrogens is 289 g/mol. The first kappa shape index (κ1) is 13.9. The summed E-state index contributed by atoms with van der Waals surface area (Å²) in [6.45, 7) is 3.56. The van der Waals surface area contributed by atoms with Crippen LogP contribution in [0.15, 0.2) is 34.4 Å². The normalized spacial score (nSPS) is 12.8. The van der Waals surface area contributed by atoms with Gasteiger partial charge in [0, 0.05) is 22.7 Å². The summed E-state index contributed by atoms with van der Waals surface area (Å²) >= 11 is 1.37. The highest BCUT2D eigenvalue weighted by atomic mass is 32.1. The van der Waals surface area contributed by atoms with Gasteiger partial charge in [-0.05, 0) is 19.9 Å². The molecule has 21 heavy (non-hydrogen) atoms. The molecule has 1 aromatic carbocycles. The maximum absolute atomic E-state index is 14.1. The van der Waals surface area contributed by atoms with E-state index in [1.54, 1.807) is 25.1 Å². The Balaban J connectivity index is 2.48. The number of thiazole rings is 1. The van der Waals surface area contributed by atoms with Crippen molar-refractivity contribution in [3.63, 3.8) is 0 Å². The Hall–Kier alpha value is -2.05. The molecule has 0 aliphatic rings. The fourth-order valence-corrected chi connectivity index (χ4v) is 3.21. The Morgan fingerprint density at radius 2 is 2.10 bits per heavy atom. The number of rotatable bonds is 2. The molecule has 0 fully saturated rings. The summed E-state index contributed by atoms with van der Waals surface area (Å²) < 4.78 is 15.6. The number of nitrogens with two attached hydrogens (primary N) is 1. The molecule has 0 amide bonds. The molecule has 3 aromatic rings. The Morgan fingerprint density at radius 3 is 2.76 bits per heavy atom. The van der Waals surface area contributed by atoms with Crippen LogP contribution in [0.5, 0.6) is 0 Å². The topological polar surface area (TPSA) is 60.4 Å². The summed E-state index contributed by atoms with van der Waals surface area (Å²) in [7, 11) is 0. The highest BCUT2D eigenvalue weighted by Gasteiger charge is 2.21. The molecule has 108 valence electrons. The second-order valence-electron chi connectivity index (χ2n) is 4.94. The van der Waals surface area contributed by atoms with Crippen molar-refractivity contribution in [2.45, 2.75) is 19.9 Å². The monoisotopic (exact) mass is 303 g/mol. The van der Waals surface area contributed by atoms with E-state index in [0.717, 1.165) is 5.69 Å². The molecule has 0 bridgehead atoms. The standard InChI is InChI=1S/C15H14FN3OS/c1-8-7-21-15-18-13(9(2)17)12(14(20)19(8)15)10-5-3-4-6-11(10)16/h3-7,9H,17H2,1-2H3. The van der Waals surface area contributed by atoms with E-state index in [1.165, 1.54) is 21.8 Å². The summed E-state index contributed by atoms with van der Waals surface area (Å²) in [5.41, 5.74) is 7.34. The third-order valence-electron chi connectivity index (χ3n) is 3.34. The van der Waals surface area contributed by atoms with Gasteiger partial charge in [0.15, 0.2) is 4.96 Å². The van der Waals surface area contributed by atoms with Gasteiger partial charge in [0.2, 0.25) is 0 Å². The van der Waals surface area contributed by atoms with E-state index in [0.29, 0.717) is 10.7 Å². The van der Waals surface area contributed by atoms with Crippen LogP contribution in [-0.2, 0) is 0 Å². The first-order valence-corrected chi connectivity index (χ1v) is 7.40. The van der Waals surface area contributed by atoms with Crippen LogP contribution in [0.4, 0.5) is 4.39 Å². The first-order chi connectivity index (χ1) is 10.0. The molecule has 2 heterocycles. The van der Waals surface area contributed by atoms with Crippen LogP contribution in [0.2, 0.25) is 0 Å². The van der Waals surface area contributed by atoms with Crippen molar-refractivity contribution in [1.82, 2.24) is 9.38 Å². The van der Waals surface area contributed by atoms with Gasteiger partial charge in [0.1, 0.15) is 5.82 Å². The van der Waals surface area contributed by atoms with Crippen LogP contribution in [0, 0.1) is 12.7 Å². The molecule has 0 radical (unpaired) electrons.